The second-order valence-corrected chi connectivity index (χ2v) is 5.00. The van der Waals surface area contributed by atoms with Gasteiger partial charge in [-0.1, -0.05) is 13.8 Å². The molecule has 2 fully saturated rings. The van der Waals surface area contributed by atoms with Gasteiger partial charge in [-0.25, -0.2) is 0 Å². The predicted octanol–water partition coefficient (Wildman–Crippen LogP) is 0.562. The fourth-order valence-corrected chi connectivity index (χ4v) is 3.00. The smallest absolute Gasteiger partial charge is 0.319 e. The molecule has 15 heavy (non-hydrogen) atoms. The molecule has 4 nitrogen and oxygen atoms in total. The Kier molecular flexibility index (Phi) is 2.73. The summed E-state index contributed by atoms with van der Waals surface area (Å²) in [7, 11) is 1.41. The highest BCUT2D eigenvalue weighted by Crippen LogP contribution is 2.51. The van der Waals surface area contributed by atoms with E-state index < -0.39 is 0 Å². The summed E-state index contributed by atoms with van der Waals surface area (Å²) in [5.74, 6) is 0.373. The molecule has 1 saturated carbocycles. The minimum Gasteiger partial charge on any atom is -0.468 e. The van der Waals surface area contributed by atoms with Crippen molar-refractivity contribution in [3.8, 4) is 0 Å². The van der Waals surface area contributed by atoms with Crippen molar-refractivity contribution in [3.63, 3.8) is 0 Å². The number of nitrogens with one attached hydrogen (secondary N) is 1. The van der Waals surface area contributed by atoms with Gasteiger partial charge in [0.05, 0.1) is 19.8 Å². The fraction of sp³-hybridized carbons (Fsp3) is 0.909. The van der Waals surface area contributed by atoms with E-state index in [1.165, 1.54) is 7.11 Å². The van der Waals surface area contributed by atoms with Gasteiger partial charge in [0, 0.05) is 24.0 Å². The van der Waals surface area contributed by atoms with Crippen LogP contribution in [0.3, 0.4) is 0 Å². The molecule has 1 saturated heterocycles. The zero-order valence-electron chi connectivity index (χ0n) is 9.58. The molecule has 0 radical (unpaired) electrons. The van der Waals surface area contributed by atoms with Crippen molar-refractivity contribution in [2.45, 2.75) is 32.4 Å². The first-order valence-corrected chi connectivity index (χ1v) is 5.49. The zero-order chi connectivity index (χ0) is 11.1. The molecular formula is C11H19NO3. The van der Waals surface area contributed by atoms with E-state index in [1.54, 1.807) is 0 Å². The van der Waals surface area contributed by atoms with Crippen LogP contribution >= 0.6 is 0 Å². The normalized spacial score (nSPS) is 36.9. The Morgan fingerprint density at radius 1 is 1.60 bits per heavy atom. The number of fused-ring (bicyclic) bond motifs is 1. The molecule has 2 rings (SSSR count). The molecular weight excluding hydrogens is 194 g/mol. The molecule has 0 bridgehead atoms. The van der Waals surface area contributed by atoms with Crippen LogP contribution in [0.15, 0.2) is 0 Å². The molecule has 0 aromatic carbocycles. The average Bonchev–Trinajstić information content (AvgIpc) is 2.63. The van der Waals surface area contributed by atoms with Crippen LogP contribution < -0.4 is 5.32 Å². The monoisotopic (exact) mass is 213 g/mol. The number of carbonyl (C=O) groups excluding carboxylic acids is 1. The standard InChI is InChI=1S/C11H19NO3/c1-11(2)9(12-6-8(13)14-3)7-4-5-15-10(7)11/h7,9-10,12H,4-6H2,1-3H3. The lowest BCUT2D eigenvalue weighted by Gasteiger charge is -2.54. The van der Waals surface area contributed by atoms with Gasteiger partial charge in [0.15, 0.2) is 0 Å². The van der Waals surface area contributed by atoms with Gasteiger partial charge in [-0.15, -0.1) is 0 Å². The van der Waals surface area contributed by atoms with Crippen LogP contribution in [0.4, 0.5) is 0 Å². The SMILES string of the molecule is COC(=O)CNC1C2CCOC2C1(C)C. The molecule has 3 atom stereocenters. The minimum atomic E-state index is -0.201. The molecule has 3 unspecified atom stereocenters. The largest absolute Gasteiger partial charge is 0.468 e. The van der Waals surface area contributed by atoms with Gasteiger partial charge in [0.1, 0.15) is 0 Å². The second-order valence-electron chi connectivity index (χ2n) is 5.00. The van der Waals surface area contributed by atoms with Gasteiger partial charge < -0.3 is 14.8 Å². The summed E-state index contributed by atoms with van der Waals surface area (Å²) in [6.07, 6.45) is 1.47. The van der Waals surface area contributed by atoms with Crippen LogP contribution in [-0.2, 0) is 14.3 Å². The van der Waals surface area contributed by atoms with Gasteiger partial charge in [-0.2, -0.15) is 0 Å². The van der Waals surface area contributed by atoms with Gasteiger partial charge in [0.25, 0.3) is 0 Å². The Labute approximate surface area is 90.3 Å². The van der Waals surface area contributed by atoms with E-state index in [1.807, 2.05) is 0 Å². The number of methoxy groups -OCH3 is 1. The maximum Gasteiger partial charge on any atom is 0.319 e. The van der Waals surface area contributed by atoms with E-state index >= 15 is 0 Å². The Morgan fingerprint density at radius 2 is 2.33 bits per heavy atom. The van der Waals surface area contributed by atoms with Crippen molar-refractivity contribution in [1.82, 2.24) is 5.32 Å². The molecule has 1 heterocycles. The fourth-order valence-electron chi connectivity index (χ4n) is 3.00. The lowest BCUT2D eigenvalue weighted by atomic mass is 9.57. The van der Waals surface area contributed by atoms with Crippen molar-refractivity contribution in [3.05, 3.63) is 0 Å². The van der Waals surface area contributed by atoms with Crippen LogP contribution in [-0.4, -0.2) is 38.4 Å². The predicted molar refractivity (Wildman–Crippen MR) is 55.4 cm³/mol. The van der Waals surface area contributed by atoms with Crippen LogP contribution in [0.1, 0.15) is 20.3 Å². The molecule has 1 aliphatic heterocycles. The molecule has 0 aromatic heterocycles. The molecule has 1 N–H and O–H groups in total. The summed E-state index contributed by atoms with van der Waals surface area (Å²) in [6, 6.07) is 0.379. The molecule has 1 aliphatic carbocycles. The second kappa shape index (κ2) is 3.76. The first kappa shape index (κ1) is 10.9. The quantitative estimate of drug-likeness (QED) is 0.696. The van der Waals surface area contributed by atoms with Crippen LogP contribution in [0, 0.1) is 11.3 Å². The van der Waals surface area contributed by atoms with E-state index in [4.69, 9.17) is 4.74 Å². The average molecular weight is 213 g/mol. The summed E-state index contributed by atoms with van der Waals surface area (Å²) in [6.45, 7) is 5.53. The third-order valence-electron chi connectivity index (χ3n) is 3.79. The number of esters is 1. The summed E-state index contributed by atoms with van der Waals surface area (Å²) in [4.78, 5) is 11.0. The van der Waals surface area contributed by atoms with E-state index in [2.05, 4.69) is 23.9 Å². The van der Waals surface area contributed by atoms with Crippen molar-refractivity contribution >= 4 is 5.97 Å². The Hall–Kier alpha value is -0.610. The summed E-state index contributed by atoms with van der Waals surface area (Å²) in [5.41, 5.74) is 0.134. The minimum absolute atomic E-state index is 0.134. The highest BCUT2D eigenvalue weighted by atomic mass is 16.5. The highest BCUT2D eigenvalue weighted by Gasteiger charge is 2.59. The lowest BCUT2D eigenvalue weighted by Crippen LogP contribution is -2.66. The molecule has 0 aromatic rings. The van der Waals surface area contributed by atoms with E-state index in [9.17, 15) is 4.79 Å². The first-order chi connectivity index (χ1) is 7.07. The third kappa shape index (κ3) is 1.66. The Balaban J connectivity index is 1.90. The number of hydrogen-bond donors (Lipinski definition) is 1. The van der Waals surface area contributed by atoms with Crippen LogP contribution in [0.2, 0.25) is 0 Å². The van der Waals surface area contributed by atoms with E-state index in [0.717, 1.165) is 13.0 Å². The van der Waals surface area contributed by atoms with Crippen molar-refractivity contribution < 1.29 is 14.3 Å². The van der Waals surface area contributed by atoms with E-state index in [0.29, 0.717) is 24.6 Å². The number of carbonyl (C=O) groups is 1. The molecule has 4 heteroatoms. The lowest BCUT2D eigenvalue weighted by molar-refractivity contribution is -0.143. The maximum atomic E-state index is 11.0. The van der Waals surface area contributed by atoms with Crippen molar-refractivity contribution in [1.29, 1.82) is 0 Å². The van der Waals surface area contributed by atoms with Gasteiger partial charge in [-0.05, 0) is 6.42 Å². The Morgan fingerprint density at radius 3 is 3.00 bits per heavy atom. The molecule has 0 amide bonds. The number of rotatable bonds is 3. The molecule has 86 valence electrons. The van der Waals surface area contributed by atoms with Crippen LogP contribution in [0.5, 0.6) is 0 Å². The highest BCUT2D eigenvalue weighted by molar-refractivity contribution is 5.71. The van der Waals surface area contributed by atoms with Gasteiger partial charge in [-0.3, -0.25) is 4.79 Å². The zero-order valence-corrected chi connectivity index (χ0v) is 9.58. The molecule has 2 aliphatic rings. The number of hydrogen-bond acceptors (Lipinski definition) is 4. The first-order valence-electron chi connectivity index (χ1n) is 5.49. The summed E-state index contributed by atoms with van der Waals surface area (Å²) >= 11 is 0. The number of ether oxygens (including phenoxy) is 2. The third-order valence-corrected chi connectivity index (χ3v) is 3.79. The topological polar surface area (TPSA) is 47.6 Å². The molecule has 0 spiro atoms. The van der Waals surface area contributed by atoms with Crippen molar-refractivity contribution in [2.75, 3.05) is 20.3 Å². The van der Waals surface area contributed by atoms with Crippen LogP contribution in [0.25, 0.3) is 0 Å². The van der Waals surface area contributed by atoms with Crippen molar-refractivity contribution in [2.24, 2.45) is 11.3 Å². The Bertz CT molecular complexity index is 265. The van der Waals surface area contributed by atoms with E-state index in [-0.39, 0.29) is 11.4 Å². The summed E-state index contributed by atoms with van der Waals surface area (Å²) in [5, 5.41) is 3.28. The van der Waals surface area contributed by atoms with Gasteiger partial charge in [0.2, 0.25) is 0 Å². The summed E-state index contributed by atoms with van der Waals surface area (Å²) < 4.78 is 10.3. The van der Waals surface area contributed by atoms with Gasteiger partial charge >= 0.3 is 5.97 Å². The maximum absolute atomic E-state index is 11.0.